The van der Waals surface area contributed by atoms with Crippen LogP contribution in [0.25, 0.3) is 0 Å². The molecule has 0 bridgehead atoms. The number of nitriles is 1. The number of aliphatic hydroxyl groups is 8. The summed E-state index contributed by atoms with van der Waals surface area (Å²) in [4.78, 5) is 110. The van der Waals surface area contributed by atoms with Gasteiger partial charge >= 0.3 is 28.9 Å². The molecule has 440 valence electrons. The Kier molecular flexibility index (Phi) is 19.7. The zero-order chi connectivity index (χ0) is 62.3. The Morgan fingerprint density at radius 1 is 0.530 bits per heavy atom. The van der Waals surface area contributed by atoms with Crippen LogP contribution in [-0.2, 0) is 23.7 Å². The van der Waals surface area contributed by atoms with Crippen molar-refractivity contribution in [3.63, 3.8) is 0 Å². The maximum Gasteiger partial charge on any atom is 0.398 e. The molecule has 0 aliphatic carbocycles. The Morgan fingerprint density at radius 2 is 0.819 bits per heavy atom. The van der Waals surface area contributed by atoms with Gasteiger partial charge in [-0.1, -0.05) is 29.6 Å². The Bertz CT molecular complexity index is 3720. The number of primary amides is 1. The van der Waals surface area contributed by atoms with Crippen molar-refractivity contribution in [2.45, 2.75) is 77.9 Å². The minimum Gasteiger partial charge on any atom is -0.392 e. The van der Waals surface area contributed by atoms with Gasteiger partial charge < -0.3 is 65.5 Å². The zero-order valence-electron chi connectivity index (χ0n) is 42.1. The molecule has 0 unspecified atom stereocenters. The zero-order valence-corrected chi connectivity index (χ0v) is 42.1. The monoisotopic (exact) mass is 1170 g/mol. The largest absolute Gasteiger partial charge is 0.398 e. The summed E-state index contributed by atoms with van der Waals surface area (Å²) in [6, 6.07) is 5.83. The molecular formula is C49H47F3N10O21. The molecule has 0 saturated carbocycles. The van der Waals surface area contributed by atoms with Gasteiger partial charge in [-0.3, -0.25) is 62.2 Å². The van der Waals surface area contributed by atoms with Crippen LogP contribution in [0.1, 0.15) is 24.9 Å². The van der Waals surface area contributed by atoms with Gasteiger partial charge in [-0.05, 0) is 0 Å². The fourth-order valence-electron chi connectivity index (χ4n) is 8.78. The van der Waals surface area contributed by atoms with Crippen molar-refractivity contribution in [1.29, 1.82) is 5.26 Å². The van der Waals surface area contributed by atoms with Crippen LogP contribution in [-0.4, -0.2) is 164 Å². The summed E-state index contributed by atoms with van der Waals surface area (Å²) >= 11 is 0. The molecule has 4 aromatic heterocycles. The number of aromatic amines is 4. The van der Waals surface area contributed by atoms with E-state index in [0.717, 1.165) is 56.6 Å². The lowest BCUT2D eigenvalue weighted by atomic mass is 9.90. The topological polar surface area (TPSA) is 485 Å². The molecule has 0 aromatic carbocycles. The molecule has 4 aliphatic heterocycles. The van der Waals surface area contributed by atoms with Gasteiger partial charge in [-0.25, -0.2) is 19.2 Å². The van der Waals surface area contributed by atoms with Crippen LogP contribution in [0, 0.1) is 96.7 Å². The number of hydrogen-bond acceptors (Lipinski definition) is 22. The number of nitrogens with two attached hydrogens (primary N) is 1. The normalized spacial score (nSPS) is 32.2. The van der Waals surface area contributed by atoms with E-state index in [-0.39, 0.29) is 0 Å². The highest BCUT2D eigenvalue weighted by atomic mass is 19.4. The lowest BCUT2D eigenvalue weighted by molar-refractivity contribution is -0.211. The first-order valence-electron chi connectivity index (χ1n) is 23.3. The standard InChI is InChI=1S/C13H12N2O5.C12H11F3N2O5.C12H13N3O6.C12H11N3O5/c1-3-8-10(18)13(4-2,7-16)20-11(8)15-6-5-9(17)14-12(15)19;1-2-11(5-18)8(20)7(12(13,14)15)9(22-11)17-4-3-6(19)16-10(17)21;1-2-12(5-16)8(18)7(9(13)19)10(21-12)15-4-3-6(17)14-11(15)20;1-2-12(6-16)9(18)7(5-13)10(20-12)15-4-3-8(17)14-11(15)19/h1-2,5-6,8,10-11,16,18H,7H2,(H,14,17,19);1,3-4,7-9,18,20H,5H2,(H,16,19,21);1,3-4,7-8,10,16,18H,5H2,(H2,13,19)(H,14,17,20);1,3-4,7,9-10,16,18H,6H2,(H,14,17,19)/t8-,10-,11+,13+;7-,8-,9+,11+;7-,8+,10-,12-;7-,9-,10+,12+/m0010/s1. The van der Waals surface area contributed by atoms with E-state index in [1.165, 1.54) is 6.20 Å². The number of alkyl halides is 3. The molecule has 0 spiro atoms. The van der Waals surface area contributed by atoms with Crippen LogP contribution >= 0.6 is 0 Å². The number of aliphatic hydroxyl groups excluding tert-OH is 8. The molecule has 16 atom stereocenters. The fraction of sp³-hybridized carbons (Fsp3) is 0.429. The maximum atomic E-state index is 13.2. The molecule has 34 heteroatoms. The van der Waals surface area contributed by atoms with Gasteiger partial charge in [0, 0.05) is 49.1 Å². The van der Waals surface area contributed by atoms with Crippen LogP contribution in [0.5, 0.6) is 0 Å². The van der Waals surface area contributed by atoms with Crippen molar-refractivity contribution in [3.05, 3.63) is 132 Å². The Morgan fingerprint density at radius 3 is 1.12 bits per heavy atom. The molecule has 4 saturated heterocycles. The molecule has 8 rings (SSSR count). The highest BCUT2D eigenvalue weighted by Gasteiger charge is 2.64. The molecule has 4 aromatic rings. The van der Waals surface area contributed by atoms with E-state index in [0.29, 0.717) is 4.57 Å². The van der Waals surface area contributed by atoms with Crippen molar-refractivity contribution in [2.75, 3.05) is 26.4 Å². The quantitative estimate of drug-likeness (QED) is 0.0692. The second kappa shape index (κ2) is 25.3. The van der Waals surface area contributed by atoms with E-state index >= 15 is 0 Å². The number of nitrogens with one attached hydrogen (secondary N) is 4. The molecule has 31 nitrogen and oxygen atoms in total. The lowest BCUT2D eigenvalue weighted by Crippen LogP contribution is -2.46. The smallest absolute Gasteiger partial charge is 0.392 e. The van der Waals surface area contributed by atoms with Crippen LogP contribution in [0.15, 0.2) is 87.4 Å². The predicted octanol–water partition coefficient (Wildman–Crippen LogP) is -8.17. The number of carbonyl (C=O) groups excluding carboxylic acids is 1. The number of nitrogens with zero attached hydrogens (tertiary/aromatic N) is 5. The molecule has 4 aliphatic rings. The SMILES string of the molecule is C#C[C@@H]1[C@H](n2ccc(=O)[nH]c2=O)O[C@](C#C)(CO)[C@H]1O.C#C[C@]1(CO)O[C@@H](n2ccc(=O)[nH]c2=O)[C@@H](C#N)[C@@H]1O.C#C[C@]1(CO)O[C@@H](n2ccc(=O)[nH]c2=O)[C@@H](C(F)(F)F)[C@@H]1O.C#C[C@]1(CO)O[C@@H](n2ccc(=O)[nH]c2=O)[C@@H](C(N)=O)[C@@H]1O. The molecule has 83 heavy (non-hydrogen) atoms. The van der Waals surface area contributed by atoms with Crippen LogP contribution < -0.4 is 50.7 Å². The fourth-order valence-corrected chi connectivity index (χ4v) is 8.78. The molecule has 8 heterocycles. The third kappa shape index (κ3) is 12.2. The molecule has 0 radical (unpaired) electrons. The molecule has 1 amide bonds. The van der Waals surface area contributed by atoms with Crippen molar-refractivity contribution in [1.82, 2.24) is 38.2 Å². The molecule has 14 N–H and O–H groups in total. The van der Waals surface area contributed by atoms with Gasteiger partial charge in [0.05, 0.1) is 38.4 Å². The highest BCUT2D eigenvalue weighted by molar-refractivity contribution is 5.78. The Hall–Kier alpha value is -9.21. The number of terminal acetylenes is 5. The van der Waals surface area contributed by atoms with Crippen LogP contribution in [0.3, 0.4) is 0 Å². The summed E-state index contributed by atoms with van der Waals surface area (Å²) in [5.41, 5.74) is -8.62. The summed E-state index contributed by atoms with van der Waals surface area (Å²) in [5.74, 6) is 3.46. The Labute approximate surface area is 460 Å². The van der Waals surface area contributed by atoms with Crippen molar-refractivity contribution >= 4 is 5.91 Å². The lowest BCUT2D eigenvalue weighted by Gasteiger charge is -2.25. The van der Waals surface area contributed by atoms with Crippen molar-refractivity contribution in [3.8, 4) is 67.8 Å². The van der Waals surface area contributed by atoms with Crippen molar-refractivity contribution in [2.24, 2.45) is 29.4 Å². The number of rotatable bonds is 9. The molecule has 4 fully saturated rings. The summed E-state index contributed by atoms with van der Waals surface area (Å²) < 4.78 is 64.0. The Balaban J connectivity index is 0.000000203. The van der Waals surface area contributed by atoms with E-state index < -0.39 is 179 Å². The van der Waals surface area contributed by atoms with Gasteiger partial charge in [-0.15, -0.1) is 32.1 Å². The number of ether oxygens (including phenoxy) is 4. The second-order valence-corrected chi connectivity index (χ2v) is 18.0. The summed E-state index contributed by atoms with van der Waals surface area (Å²) in [6.07, 6.45) is 13.0. The number of H-pyrrole nitrogens is 4. The predicted molar refractivity (Wildman–Crippen MR) is 268 cm³/mol. The third-order valence-electron chi connectivity index (χ3n) is 13.3. The van der Waals surface area contributed by atoms with Gasteiger partial charge in [0.1, 0.15) is 42.2 Å². The van der Waals surface area contributed by atoms with Gasteiger partial charge in [-0.2, -0.15) is 18.4 Å². The van der Waals surface area contributed by atoms with Gasteiger partial charge in [0.15, 0.2) is 47.3 Å². The minimum absolute atomic E-state index is 0.456. The average molecular weight is 1170 g/mol. The first-order chi connectivity index (χ1) is 39.0. The van der Waals surface area contributed by atoms with E-state index in [1.807, 2.05) is 15.0 Å². The van der Waals surface area contributed by atoms with E-state index in [2.05, 4.69) is 23.7 Å². The first-order valence-corrected chi connectivity index (χ1v) is 23.3. The number of aromatic nitrogens is 8. The van der Waals surface area contributed by atoms with Gasteiger partial charge in [0.25, 0.3) is 22.2 Å². The summed E-state index contributed by atoms with van der Waals surface area (Å²) in [7, 11) is 0. The third-order valence-corrected chi connectivity index (χ3v) is 13.3. The second-order valence-electron chi connectivity index (χ2n) is 18.0. The van der Waals surface area contributed by atoms with Crippen LogP contribution in [0.2, 0.25) is 0 Å². The molecular weight excluding hydrogens is 1120 g/mol. The maximum absolute atomic E-state index is 13.2. The number of hydrogen-bond donors (Lipinski definition) is 13. The number of carbonyl (C=O) groups is 1. The average Bonchev–Trinajstić information content (AvgIpc) is 3.07. The number of amides is 1. The minimum atomic E-state index is -4.96. The van der Waals surface area contributed by atoms with E-state index in [4.69, 9.17) is 62.1 Å². The highest BCUT2D eigenvalue weighted by Crippen LogP contribution is 2.49. The first kappa shape index (κ1) is 64.6. The summed E-state index contributed by atoms with van der Waals surface area (Å²) in [6.45, 7) is -3.22. The summed E-state index contributed by atoms with van der Waals surface area (Å²) in [5, 5.41) is 86.5. The number of halogens is 3. The van der Waals surface area contributed by atoms with Crippen molar-refractivity contribution < 1.29 is 77.8 Å². The van der Waals surface area contributed by atoms with E-state index in [9.17, 15) is 97.2 Å². The van der Waals surface area contributed by atoms with Gasteiger partial charge in [0.2, 0.25) is 5.91 Å². The van der Waals surface area contributed by atoms with Crippen LogP contribution in [0.4, 0.5) is 13.2 Å². The van der Waals surface area contributed by atoms with E-state index in [1.54, 1.807) is 17.0 Å².